The maximum atomic E-state index is 12.9. The van der Waals surface area contributed by atoms with E-state index in [-0.39, 0.29) is 24.1 Å². The number of fused-ring (bicyclic) bond motifs is 1. The van der Waals surface area contributed by atoms with Gasteiger partial charge in [0.2, 0.25) is 5.91 Å². The Kier molecular flexibility index (Phi) is 6.27. The molecule has 0 bridgehead atoms. The predicted molar refractivity (Wildman–Crippen MR) is 114 cm³/mol. The first-order chi connectivity index (χ1) is 15.3. The monoisotopic (exact) mass is 444 g/mol. The zero-order valence-corrected chi connectivity index (χ0v) is 17.3. The van der Waals surface area contributed by atoms with Crippen LogP contribution in [-0.2, 0) is 24.1 Å². The van der Waals surface area contributed by atoms with Crippen LogP contribution in [0.1, 0.15) is 24.0 Å². The molecule has 1 aliphatic rings. The van der Waals surface area contributed by atoms with Gasteiger partial charge in [-0.15, -0.1) is 0 Å². The Labute approximate surface area is 182 Å². The lowest BCUT2D eigenvalue weighted by Crippen LogP contribution is -2.45. The fraction of sp³-hybridized carbons (Fsp3) is 0.348. The Balaban J connectivity index is 1.32. The highest BCUT2D eigenvalue weighted by Gasteiger charge is 2.30. The van der Waals surface area contributed by atoms with Crippen molar-refractivity contribution < 1.29 is 18.0 Å². The lowest BCUT2D eigenvalue weighted by atomic mass is 10.0. The standard InChI is InChI=1S/C23H23F3N4O2/c24-23(25,26)17-5-3-4-16(12-17)14-29-10-8-18(9-11-29)28-21(31)15-30-20-7-2-1-6-19(20)27-13-22(30)32/h1-7,12-13,18H,8-11,14-15H2,(H,28,31). The normalized spacial score (nSPS) is 15.7. The third-order valence-electron chi connectivity index (χ3n) is 5.67. The van der Waals surface area contributed by atoms with Crippen LogP contribution in [0.5, 0.6) is 0 Å². The van der Waals surface area contributed by atoms with E-state index in [4.69, 9.17) is 0 Å². The number of hydrogen-bond acceptors (Lipinski definition) is 4. The highest BCUT2D eigenvalue weighted by Crippen LogP contribution is 2.30. The van der Waals surface area contributed by atoms with Crippen LogP contribution in [-0.4, -0.2) is 39.5 Å². The number of likely N-dealkylation sites (tertiary alicyclic amines) is 1. The fourth-order valence-corrected chi connectivity index (χ4v) is 4.03. The molecule has 2 aromatic carbocycles. The van der Waals surface area contributed by atoms with Gasteiger partial charge in [-0.25, -0.2) is 4.98 Å². The van der Waals surface area contributed by atoms with Crippen molar-refractivity contribution in [3.8, 4) is 0 Å². The molecule has 1 amide bonds. The van der Waals surface area contributed by atoms with E-state index in [1.165, 1.54) is 22.9 Å². The van der Waals surface area contributed by atoms with Crippen molar-refractivity contribution >= 4 is 16.9 Å². The summed E-state index contributed by atoms with van der Waals surface area (Å²) in [5.41, 5.74) is 0.880. The topological polar surface area (TPSA) is 67.2 Å². The summed E-state index contributed by atoms with van der Waals surface area (Å²) in [7, 11) is 0. The molecule has 0 saturated carbocycles. The molecule has 1 saturated heterocycles. The molecule has 1 aromatic heterocycles. The molecule has 0 unspecified atom stereocenters. The first kappa shape index (κ1) is 22.0. The van der Waals surface area contributed by atoms with Gasteiger partial charge in [-0.2, -0.15) is 13.2 Å². The number of halogens is 3. The van der Waals surface area contributed by atoms with Crippen molar-refractivity contribution in [2.75, 3.05) is 13.1 Å². The number of rotatable bonds is 5. The molecule has 0 atom stereocenters. The number of carbonyl (C=O) groups is 1. The SMILES string of the molecule is O=C(Cn1c(=O)cnc2ccccc21)NC1CCN(Cc2cccc(C(F)(F)F)c2)CC1. The van der Waals surface area contributed by atoms with Crippen molar-refractivity contribution in [2.24, 2.45) is 0 Å². The van der Waals surface area contributed by atoms with Crippen LogP contribution in [0.3, 0.4) is 0 Å². The van der Waals surface area contributed by atoms with Crippen molar-refractivity contribution in [3.05, 3.63) is 76.2 Å². The van der Waals surface area contributed by atoms with Gasteiger partial charge in [-0.05, 0) is 36.6 Å². The molecule has 2 heterocycles. The van der Waals surface area contributed by atoms with Crippen molar-refractivity contribution in [1.29, 1.82) is 0 Å². The molecule has 3 aromatic rings. The minimum Gasteiger partial charge on any atom is -0.352 e. The number of nitrogens with one attached hydrogen (secondary N) is 1. The van der Waals surface area contributed by atoms with E-state index < -0.39 is 11.7 Å². The molecule has 1 N–H and O–H groups in total. The Hall–Kier alpha value is -3.20. The van der Waals surface area contributed by atoms with Crippen LogP contribution in [0.15, 0.2) is 59.5 Å². The van der Waals surface area contributed by atoms with Crippen LogP contribution < -0.4 is 10.9 Å². The number of piperidine rings is 1. The van der Waals surface area contributed by atoms with Gasteiger partial charge < -0.3 is 5.32 Å². The largest absolute Gasteiger partial charge is 0.416 e. The zero-order chi connectivity index (χ0) is 22.7. The number of amides is 1. The van der Waals surface area contributed by atoms with Crippen LogP contribution in [0.25, 0.3) is 11.0 Å². The lowest BCUT2D eigenvalue weighted by Gasteiger charge is -2.32. The van der Waals surface area contributed by atoms with E-state index in [1.807, 2.05) is 6.07 Å². The minimum absolute atomic E-state index is 0.0379. The second kappa shape index (κ2) is 9.12. The highest BCUT2D eigenvalue weighted by atomic mass is 19.4. The molecule has 6 nitrogen and oxygen atoms in total. The molecule has 1 aliphatic heterocycles. The third-order valence-corrected chi connectivity index (χ3v) is 5.67. The summed E-state index contributed by atoms with van der Waals surface area (Å²) in [6.07, 6.45) is -1.76. The Morgan fingerprint density at radius 2 is 1.84 bits per heavy atom. The van der Waals surface area contributed by atoms with E-state index in [0.29, 0.717) is 49.1 Å². The molecular formula is C23H23F3N4O2. The van der Waals surface area contributed by atoms with Gasteiger partial charge >= 0.3 is 6.18 Å². The van der Waals surface area contributed by atoms with Crippen molar-refractivity contribution in [2.45, 2.75) is 38.1 Å². The molecule has 9 heteroatoms. The van der Waals surface area contributed by atoms with Gasteiger partial charge in [0.15, 0.2) is 0 Å². The maximum absolute atomic E-state index is 12.9. The highest BCUT2D eigenvalue weighted by molar-refractivity contribution is 5.80. The summed E-state index contributed by atoms with van der Waals surface area (Å²) in [5, 5.41) is 2.98. The molecular weight excluding hydrogens is 421 g/mol. The van der Waals surface area contributed by atoms with Gasteiger partial charge in [-0.1, -0.05) is 30.3 Å². The van der Waals surface area contributed by atoms with Crippen molar-refractivity contribution in [3.63, 3.8) is 0 Å². The first-order valence-electron chi connectivity index (χ1n) is 10.4. The van der Waals surface area contributed by atoms with Gasteiger partial charge in [0, 0.05) is 25.7 Å². The maximum Gasteiger partial charge on any atom is 0.416 e. The summed E-state index contributed by atoms with van der Waals surface area (Å²) in [4.78, 5) is 31.0. The summed E-state index contributed by atoms with van der Waals surface area (Å²) in [6, 6.07) is 12.5. The summed E-state index contributed by atoms with van der Waals surface area (Å²) in [6.45, 7) is 1.67. The van der Waals surface area contributed by atoms with E-state index in [2.05, 4.69) is 15.2 Å². The summed E-state index contributed by atoms with van der Waals surface area (Å²) in [5.74, 6) is -0.250. The molecule has 32 heavy (non-hydrogen) atoms. The quantitative estimate of drug-likeness (QED) is 0.657. The first-order valence-corrected chi connectivity index (χ1v) is 10.4. The van der Waals surface area contributed by atoms with E-state index in [9.17, 15) is 22.8 Å². The molecule has 1 fully saturated rings. The van der Waals surface area contributed by atoms with Gasteiger partial charge in [0.25, 0.3) is 5.56 Å². The second-order valence-corrected chi connectivity index (χ2v) is 7.99. The van der Waals surface area contributed by atoms with E-state index >= 15 is 0 Å². The van der Waals surface area contributed by atoms with Gasteiger partial charge in [0.1, 0.15) is 6.54 Å². The lowest BCUT2D eigenvalue weighted by molar-refractivity contribution is -0.137. The number of aromatic nitrogens is 2. The number of benzene rings is 2. The number of alkyl halides is 3. The number of nitrogens with zero attached hydrogens (tertiary/aromatic N) is 3. The average molecular weight is 444 g/mol. The second-order valence-electron chi connectivity index (χ2n) is 7.99. The number of carbonyl (C=O) groups excluding carboxylic acids is 1. The number of para-hydroxylation sites is 2. The fourth-order valence-electron chi connectivity index (χ4n) is 4.03. The Morgan fingerprint density at radius 3 is 2.59 bits per heavy atom. The average Bonchev–Trinajstić information content (AvgIpc) is 2.77. The smallest absolute Gasteiger partial charge is 0.352 e. The van der Waals surface area contributed by atoms with Gasteiger partial charge in [0.05, 0.1) is 22.8 Å². The molecule has 0 spiro atoms. The molecule has 0 aliphatic carbocycles. The van der Waals surface area contributed by atoms with Crippen LogP contribution in [0.4, 0.5) is 13.2 Å². The van der Waals surface area contributed by atoms with Crippen molar-refractivity contribution in [1.82, 2.24) is 19.8 Å². The van der Waals surface area contributed by atoms with Crippen LogP contribution in [0, 0.1) is 0 Å². The third kappa shape index (κ3) is 5.16. The predicted octanol–water partition coefficient (Wildman–Crippen LogP) is 3.20. The molecule has 168 valence electrons. The molecule has 0 radical (unpaired) electrons. The zero-order valence-electron chi connectivity index (χ0n) is 17.3. The van der Waals surface area contributed by atoms with Crippen LogP contribution >= 0.6 is 0 Å². The summed E-state index contributed by atoms with van der Waals surface area (Å²) < 4.78 is 40.1. The van der Waals surface area contributed by atoms with Crippen LogP contribution in [0.2, 0.25) is 0 Å². The molecule has 4 rings (SSSR count). The summed E-state index contributed by atoms with van der Waals surface area (Å²) >= 11 is 0. The van der Waals surface area contributed by atoms with Gasteiger partial charge in [-0.3, -0.25) is 19.1 Å². The Bertz CT molecular complexity index is 1170. The Morgan fingerprint density at radius 1 is 1.09 bits per heavy atom. The minimum atomic E-state index is -4.35. The number of hydrogen-bond donors (Lipinski definition) is 1. The van der Waals surface area contributed by atoms with E-state index in [0.717, 1.165) is 6.07 Å². The van der Waals surface area contributed by atoms with E-state index in [1.54, 1.807) is 24.3 Å².